The Morgan fingerprint density at radius 1 is 1.50 bits per heavy atom. The number of carbonyl (C=O) groups is 1. The predicted molar refractivity (Wildman–Crippen MR) is 72.6 cm³/mol. The van der Waals surface area contributed by atoms with Crippen molar-refractivity contribution in [3.8, 4) is 0 Å². The van der Waals surface area contributed by atoms with Gasteiger partial charge in [0.15, 0.2) is 0 Å². The van der Waals surface area contributed by atoms with Gasteiger partial charge in [0, 0.05) is 13.7 Å². The fourth-order valence-corrected chi connectivity index (χ4v) is 3.86. The molecule has 0 aromatic heterocycles. The van der Waals surface area contributed by atoms with E-state index in [1.807, 2.05) is 0 Å². The summed E-state index contributed by atoms with van der Waals surface area (Å²) in [5.41, 5.74) is -0.121. The minimum absolute atomic E-state index is 0.000709. The molecule has 0 bridgehead atoms. The molecule has 1 heterocycles. The van der Waals surface area contributed by atoms with Gasteiger partial charge in [-0.2, -0.15) is 4.31 Å². The van der Waals surface area contributed by atoms with Gasteiger partial charge in [0.1, 0.15) is 4.90 Å². The number of nitrogens with zero attached hydrogens (tertiary/aromatic N) is 1. The van der Waals surface area contributed by atoms with Crippen LogP contribution in [0.3, 0.4) is 0 Å². The zero-order valence-corrected chi connectivity index (χ0v) is 12.3. The molecule has 0 spiro atoms. The molecule has 0 amide bonds. The summed E-state index contributed by atoms with van der Waals surface area (Å²) in [6, 6.07) is 3.36. The molecule has 1 N–H and O–H groups in total. The van der Waals surface area contributed by atoms with Crippen LogP contribution in [-0.2, 0) is 14.8 Å². The van der Waals surface area contributed by atoms with Gasteiger partial charge >= 0.3 is 5.97 Å². The topological polar surface area (TPSA) is 83.9 Å². The van der Waals surface area contributed by atoms with E-state index < -0.39 is 16.0 Å². The Morgan fingerprint density at radius 2 is 2.20 bits per heavy atom. The van der Waals surface area contributed by atoms with Crippen LogP contribution in [0.2, 0.25) is 5.02 Å². The van der Waals surface area contributed by atoms with Crippen molar-refractivity contribution in [3.63, 3.8) is 0 Å². The zero-order chi connectivity index (χ0) is 14.9. The molecule has 2 rings (SSSR count). The van der Waals surface area contributed by atoms with E-state index in [-0.39, 0.29) is 21.5 Å². The second-order valence-electron chi connectivity index (χ2n) is 4.49. The molecule has 0 aliphatic carbocycles. The molecule has 6 nitrogen and oxygen atoms in total. The first-order chi connectivity index (χ1) is 9.34. The summed E-state index contributed by atoms with van der Waals surface area (Å²) in [7, 11) is -2.41. The lowest BCUT2D eigenvalue weighted by atomic mass is 10.2. The van der Waals surface area contributed by atoms with Crippen LogP contribution < -0.4 is 0 Å². The number of carboxylic acids is 1. The Kier molecular flexibility index (Phi) is 4.33. The minimum atomic E-state index is -3.85. The Hall–Kier alpha value is -1.15. The molecule has 0 radical (unpaired) electrons. The Morgan fingerprint density at radius 3 is 2.75 bits per heavy atom. The van der Waals surface area contributed by atoms with Crippen LogP contribution in [0, 0.1) is 0 Å². The summed E-state index contributed by atoms with van der Waals surface area (Å²) in [5, 5.41) is 8.95. The summed E-state index contributed by atoms with van der Waals surface area (Å²) in [4.78, 5) is 10.7. The number of likely N-dealkylation sites (N-methyl/N-ethyl adjacent to an activating group) is 1. The largest absolute Gasteiger partial charge is 0.478 e. The third-order valence-electron chi connectivity index (χ3n) is 3.26. The summed E-state index contributed by atoms with van der Waals surface area (Å²) in [6.45, 7) is 0.833. The Bertz CT molecular complexity index is 625. The van der Waals surface area contributed by atoms with Crippen molar-refractivity contribution in [2.24, 2.45) is 0 Å². The Labute approximate surface area is 122 Å². The normalized spacial score (nSPS) is 19.4. The van der Waals surface area contributed by atoms with E-state index in [9.17, 15) is 13.2 Å². The van der Waals surface area contributed by atoms with Gasteiger partial charge in [-0.05, 0) is 24.6 Å². The molecule has 1 unspecified atom stereocenters. The van der Waals surface area contributed by atoms with Gasteiger partial charge in [-0.3, -0.25) is 0 Å². The highest BCUT2D eigenvalue weighted by atomic mass is 35.5. The smallest absolute Gasteiger partial charge is 0.335 e. The number of ether oxygens (including phenoxy) is 1. The molecular weight excluding hydrogens is 306 g/mol. The first-order valence-electron chi connectivity index (χ1n) is 5.92. The van der Waals surface area contributed by atoms with Gasteiger partial charge in [0.2, 0.25) is 10.0 Å². The molecular formula is C12H14ClNO5S. The maximum Gasteiger partial charge on any atom is 0.335 e. The maximum absolute atomic E-state index is 12.5. The summed E-state index contributed by atoms with van der Waals surface area (Å²) in [5.74, 6) is -1.20. The van der Waals surface area contributed by atoms with E-state index in [0.717, 1.165) is 6.07 Å². The van der Waals surface area contributed by atoms with Gasteiger partial charge in [0.05, 0.1) is 23.2 Å². The standard InChI is InChI=1S/C12H14ClNO5S/c1-14(9-4-5-19-7-9)20(17,18)11-6-8(12(15)16)2-3-10(11)13/h2-3,6,9H,4-5,7H2,1H3,(H,15,16). The minimum Gasteiger partial charge on any atom is -0.478 e. The van der Waals surface area contributed by atoms with Crippen molar-refractivity contribution >= 4 is 27.6 Å². The molecule has 1 aromatic carbocycles. The number of aromatic carboxylic acids is 1. The zero-order valence-electron chi connectivity index (χ0n) is 10.7. The van der Waals surface area contributed by atoms with E-state index in [1.165, 1.54) is 23.5 Å². The van der Waals surface area contributed by atoms with E-state index in [4.69, 9.17) is 21.4 Å². The third kappa shape index (κ3) is 2.80. The van der Waals surface area contributed by atoms with E-state index >= 15 is 0 Å². The summed E-state index contributed by atoms with van der Waals surface area (Å²) >= 11 is 5.91. The molecule has 1 saturated heterocycles. The molecule has 0 saturated carbocycles. The molecule has 1 aliphatic rings. The van der Waals surface area contributed by atoms with Crippen LogP contribution in [0.25, 0.3) is 0 Å². The van der Waals surface area contributed by atoms with Gasteiger partial charge < -0.3 is 9.84 Å². The number of rotatable bonds is 4. The number of hydrogen-bond donors (Lipinski definition) is 1. The quantitative estimate of drug-likeness (QED) is 0.908. The molecule has 1 fully saturated rings. The van der Waals surface area contributed by atoms with Crippen LogP contribution >= 0.6 is 11.6 Å². The average molecular weight is 320 g/mol. The van der Waals surface area contributed by atoms with Crippen molar-refractivity contribution in [2.75, 3.05) is 20.3 Å². The highest BCUT2D eigenvalue weighted by Gasteiger charge is 2.32. The van der Waals surface area contributed by atoms with Crippen molar-refractivity contribution in [2.45, 2.75) is 17.4 Å². The van der Waals surface area contributed by atoms with E-state index in [1.54, 1.807) is 0 Å². The summed E-state index contributed by atoms with van der Waals surface area (Å²) < 4.78 is 31.4. The molecule has 1 aromatic rings. The predicted octanol–water partition coefficient (Wildman–Crippen LogP) is 1.45. The number of sulfonamides is 1. The fourth-order valence-electron chi connectivity index (χ4n) is 1.99. The SMILES string of the molecule is CN(C1CCOC1)S(=O)(=O)c1cc(C(=O)O)ccc1Cl. The van der Waals surface area contributed by atoms with Gasteiger partial charge in [-0.25, -0.2) is 13.2 Å². The van der Waals surface area contributed by atoms with Gasteiger partial charge in [0.25, 0.3) is 0 Å². The number of carboxylic acid groups (broad SMARTS) is 1. The second-order valence-corrected chi connectivity index (χ2v) is 6.86. The highest BCUT2D eigenvalue weighted by molar-refractivity contribution is 7.89. The van der Waals surface area contributed by atoms with E-state index in [2.05, 4.69) is 0 Å². The van der Waals surface area contributed by atoms with Crippen LogP contribution in [0.5, 0.6) is 0 Å². The first-order valence-corrected chi connectivity index (χ1v) is 7.74. The lowest BCUT2D eigenvalue weighted by Gasteiger charge is -2.23. The van der Waals surface area contributed by atoms with E-state index in [0.29, 0.717) is 19.6 Å². The van der Waals surface area contributed by atoms with Crippen LogP contribution in [0.15, 0.2) is 23.1 Å². The van der Waals surface area contributed by atoms with Gasteiger partial charge in [-0.1, -0.05) is 11.6 Å². The summed E-state index contributed by atoms with van der Waals surface area (Å²) in [6.07, 6.45) is 0.603. The van der Waals surface area contributed by atoms with Crippen LogP contribution in [0.1, 0.15) is 16.8 Å². The van der Waals surface area contributed by atoms with Crippen molar-refractivity contribution in [1.29, 1.82) is 0 Å². The molecule has 8 heteroatoms. The van der Waals surface area contributed by atoms with Crippen molar-refractivity contribution in [3.05, 3.63) is 28.8 Å². The molecule has 1 aliphatic heterocycles. The number of benzene rings is 1. The molecule has 110 valence electrons. The van der Waals surface area contributed by atoms with Gasteiger partial charge in [-0.15, -0.1) is 0 Å². The third-order valence-corrected chi connectivity index (χ3v) is 5.65. The molecule has 1 atom stereocenters. The monoisotopic (exact) mass is 319 g/mol. The highest BCUT2D eigenvalue weighted by Crippen LogP contribution is 2.27. The lowest BCUT2D eigenvalue weighted by molar-refractivity contribution is 0.0696. The number of halogens is 1. The first kappa shape index (κ1) is 15.2. The fraction of sp³-hybridized carbons (Fsp3) is 0.417. The van der Waals surface area contributed by atoms with Crippen LogP contribution in [-0.4, -0.2) is 50.1 Å². The molecule has 20 heavy (non-hydrogen) atoms. The lowest BCUT2D eigenvalue weighted by Crippen LogP contribution is -2.37. The number of hydrogen-bond acceptors (Lipinski definition) is 4. The van der Waals surface area contributed by atoms with Crippen molar-refractivity contribution in [1.82, 2.24) is 4.31 Å². The second kappa shape index (κ2) is 5.69. The maximum atomic E-state index is 12.5. The Balaban J connectivity index is 2.42. The van der Waals surface area contributed by atoms with Crippen LogP contribution in [0.4, 0.5) is 0 Å². The average Bonchev–Trinajstić information content (AvgIpc) is 2.91. The van der Waals surface area contributed by atoms with Crippen molar-refractivity contribution < 1.29 is 23.1 Å².